The van der Waals surface area contributed by atoms with Crippen molar-refractivity contribution in [1.29, 1.82) is 0 Å². The number of hydrazine groups is 1. The Kier molecular flexibility index (Phi) is 5.20. The number of carbonyl (C=O) groups excluding carboxylic acids is 1. The average molecular weight is 389 g/mol. The molecule has 0 radical (unpaired) electrons. The number of hydrogen-bond acceptors (Lipinski definition) is 7. The first-order chi connectivity index (χ1) is 13.1. The maximum absolute atomic E-state index is 13.0. The number of nitrogens with one attached hydrogen (secondary N) is 2. The minimum Gasteiger partial charge on any atom is -0.484 e. The highest BCUT2D eigenvalue weighted by molar-refractivity contribution is 7.09. The smallest absolute Gasteiger partial charge is 0.261 e. The number of amides is 1. The summed E-state index contributed by atoms with van der Waals surface area (Å²) in [6.07, 6.45) is 0. The molecule has 0 saturated carbocycles. The van der Waals surface area contributed by atoms with Crippen LogP contribution in [0, 0.1) is 0 Å². The van der Waals surface area contributed by atoms with Crippen LogP contribution in [0.2, 0.25) is 0 Å². The summed E-state index contributed by atoms with van der Waals surface area (Å²) < 4.78 is 16.4. The van der Waals surface area contributed by atoms with Gasteiger partial charge in [-0.15, -0.1) is 11.3 Å². The Morgan fingerprint density at radius 1 is 1.22 bits per heavy atom. The molecule has 0 bridgehead atoms. The van der Waals surface area contributed by atoms with E-state index in [4.69, 9.17) is 14.2 Å². The van der Waals surface area contributed by atoms with E-state index in [0.29, 0.717) is 23.8 Å². The molecule has 1 aromatic carbocycles. The zero-order valence-electron chi connectivity index (χ0n) is 15.3. The molecule has 2 aliphatic heterocycles. The lowest BCUT2D eigenvalue weighted by Crippen LogP contribution is -2.50. The van der Waals surface area contributed by atoms with Crippen LogP contribution < -0.4 is 25.1 Å². The van der Waals surface area contributed by atoms with Crippen molar-refractivity contribution >= 4 is 17.2 Å². The van der Waals surface area contributed by atoms with Crippen molar-refractivity contribution in [2.24, 2.45) is 0 Å². The normalized spacial score (nSPS) is 23.4. The quantitative estimate of drug-likeness (QED) is 0.789. The highest BCUT2D eigenvalue weighted by Crippen LogP contribution is 2.35. The molecule has 1 fully saturated rings. The van der Waals surface area contributed by atoms with Crippen LogP contribution in [-0.2, 0) is 11.3 Å². The molecule has 1 aromatic heterocycles. The number of carbonyl (C=O) groups is 1. The molecule has 7 nitrogen and oxygen atoms in total. The summed E-state index contributed by atoms with van der Waals surface area (Å²) in [5, 5.41) is 2.03. The van der Waals surface area contributed by atoms with E-state index in [2.05, 4.69) is 30.8 Å². The fraction of sp³-hybridized carbons (Fsp3) is 0.421. The molecular weight excluding hydrogens is 366 g/mol. The van der Waals surface area contributed by atoms with Crippen molar-refractivity contribution in [2.45, 2.75) is 38.5 Å². The van der Waals surface area contributed by atoms with Gasteiger partial charge in [-0.05, 0) is 37.4 Å². The number of hydrogen-bond donors (Lipinski definition) is 2. The predicted octanol–water partition coefficient (Wildman–Crippen LogP) is 2.14. The maximum Gasteiger partial charge on any atom is 0.261 e. The van der Waals surface area contributed by atoms with Crippen LogP contribution in [-0.4, -0.2) is 42.3 Å². The highest BCUT2D eigenvalue weighted by atomic mass is 32.1. The standard InChI is InChI=1S/C19H23N3O4S/c1-12-19(13(2)21-20-12)22(9-15-4-3-7-27-15)18(23)10-24-14-5-6-16-17(8-14)26-11-25-16/h3-8,12-13,19-21H,9-11H2,1-2H3. The van der Waals surface area contributed by atoms with Gasteiger partial charge in [0.25, 0.3) is 5.91 Å². The molecule has 2 unspecified atom stereocenters. The second-order valence-electron chi connectivity index (χ2n) is 6.76. The summed E-state index contributed by atoms with van der Waals surface area (Å²) >= 11 is 1.65. The average Bonchev–Trinajstić information content (AvgIpc) is 3.40. The van der Waals surface area contributed by atoms with E-state index in [-0.39, 0.29) is 37.4 Å². The summed E-state index contributed by atoms with van der Waals surface area (Å²) in [7, 11) is 0. The summed E-state index contributed by atoms with van der Waals surface area (Å²) in [6.45, 7) is 4.91. The molecule has 144 valence electrons. The molecule has 0 aliphatic carbocycles. The van der Waals surface area contributed by atoms with Crippen molar-refractivity contribution in [2.75, 3.05) is 13.4 Å². The molecule has 0 spiro atoms. The number of ether oxygens (including phenoxy) is 3. The molecule has 4 rings (SSSR count). The number of rotatable bonds is 6. The monoisotopic (exact) mass is 389 g/mol. The first kappa shape index (κ1) is 18.1. The van der Waals surface area contributed by atoms with Crippen molar-refractivity contribution in [1.82, 2.24) is 15.8 Å². The van der Waals surface area contributed by atoms with Crippen molar-refractivity contribution in [3.8, 4) is 17.2 Å². The third-order valence-electron chi connectivity index (χ3n) is 4.86. The van der Waals surface area contributed by atoms with Gasteiger partial charge in [0.1, 0.15) is 5.75 Å². The van der Waals surface area contributed by atoms with Gasteiger partial charge in [-0.25, -0.2) is 0 Å². The van der Waals surface area contributed by atoms with Gasteiger partial charge < -0.3 is 19.1 Å². The molecule has 3 heterocycles. The third kappa shape index (κ3) is 3.87. The lowest BCUT2D eigenvalue weighted by molar-refractivity contribution is -0.136. The van der Waals surface area contributed by atoms with E-state index in [1.807, 2.05) is 16.3 Å². The predicted molar refractivity (Wildman–Crippen MR) is 102 cm³/mol. The molecule has 2 N–H and O–H groups in total. The van der Waals surface area contributed by atoms with Gasteiger partial charge in [-0.3, -0.25) is 15.6 Å². The van der Waals surface area contributed by atoms with Gasteiger partial charge in [0, 0.05) is 23.0 Å². The Balaban J connectivity index is 1.46. The van der Waals surface area contributed by atoms with Crippen molar-refractivity contribution in [3.05, 3.63) is 40.6 Å². The van der Waals surface area contributed by atoms with Gasteiger partial charge in [-0.1, -0.05) is 6.07 Å². The lowest BCUT2D eigenvalue weighted by Gasteiger charge is -2.33. The zero-order valence-corrected chi connectivity index (χ0v) is 16.1. The number of thiophene rings is 1. The minimum absolute atomic E-state index is 0.0268. The van der Waals surface area contributed by atoms with Crippen molar-refractivity contribution in [3.63, 3.8) is 0 Å². The fourth-order valence-corrected chi connectivity index (χ4v) is 4.23. The molecule has 1 amide bonds. The van der Waals surface area contributed by atoms with E-state index in [0.717, 1.165) is 4.88 Å². The van der Waals surface area contributed by atoms with Crippen LogP contribution in [0.15, 0.2) is 35.7 Å². The molecule has 2 aliphatic rings. The Morgan fingerprint density at radius 3 is 2.74 bits per heavy atom. The van der Waals surface area contributed by atoms with Crippen molar-refractivity contribution < 1.29 is 19.0 Å². The molecule has 1 saturated heterocycles. The maximum atomic E-state index is 13.0. The molecule has 8 heteroatoms. The highest BCUT2D eigenvalue weighted by Gasteiger charge is 2.37. The summed E-state index contributed by atoms with van der Waals surface area (Å²) in [6, 6.07) is 9.72. The first-order valence-corrected chi connectivity index (χ1v) is 9.85. The SMILES string of the molecule is CC1NNC(C)C1N(Cc1cccs1)C(=O)COc1ccc2c(c1)OCO2. The van der Waals surface area contributed by atoms with Gasteiger partial charge in [0.05, 0.1) is 12.6 Å². The number of nitrogens with zero attached hydrogens (tertiary/aromatic N) is 1. The Labute approximate surface area is 162 Å². The van der Waals surface area contributed by atoms with Crippen LogP contribution in [0.5, 0.6) is 17.2 Å². The third-order valence-corrected chi connectivity index (χ3v) is 5.72. The van der Waals surface area contributed by atoms with E-state index in [9.17, 15) is 4.79 Å². The van der Waals surface area contributed by atoms with Gasteiger partial charge in [-0.2, -0.15) is 0 Å². The number of benzene rings is 1. The second kappa shape index (κ2) is 7.75. The first-order valence-electron chi connectivity index (χ1n) is 8.97. The second-order valence-corrected chi connectivity index (χ2v) is 7.79. The van der Waals surface area contributed by atoms with E-state index >= 15 is 0 Å². The summed E-state index contributed by atoms with van der Waals surface area (Å²) in [5.74, 6) is 1.88. The molecular formula is C19H23N3O4S. The molecule has 27 heavy (non-hydrogen) atoms. The summed E-state index contributed by atoms with van der Waals surface area (Å²) in [4.78, 5) is 16.1. The van der Waals surface area contributed by atoms with Gasteiger partial charge >= 0.3 is 0 Å². The van der Waals surface area contributed by atoms with Gasteiger partial charge in [0.15, 0.2) is 18.1 Å². The van der Waals surface area contributed by atoms with E-state index in [1.165, 1.54) is 0 Å². The van der Waals surface area contributed by atoms with Crippen LogP contribution >= 0.6 is 11.3 Å². The lowest BCUT2D eigenvalue weighted by atomic mass is 10.0. The van der Waals surface area contributed by atoms with E-state index in [1.54, 1.807) is 29.5 Å². The molecule has 2 aromatic rings. The fourth-order valence-electron chi connectivity index (χ4n) is 3.53. The van der Waals surface area contributed by atoms with E-state index < -0.39 is 0 Å². The Hall–Kier alpha value is -2.29. The molecule has 2 atom stereocenters. The number of fused-ring (bicyclic) bond motifs is 1. The Bertz CT molecular complexity index is 788. The largest absolute Gasteiger partial charge is 0.484 e. The minimum atomic E-state index is -0.0460. The summed E-state index contributed by atoms with van der Waals surface area (Å²) in [5.41, 5.74) is 6.45. The topological polar surface area (TPSA) is 72.1 Å². The van der Waals surface area contributed by atoms with Crippen LogP contribution in [0.1, 0.15) is 18.7 Å². The van der Waals surface area contributed by atoms with Gasteiger partial charge in [0.2, 0.25) is 6.79 Å². The van der Waals surface area contributed by atoms with Crippen LogP contribution in [0.4, 0.5) is 0 Å². The Morgan fingerprint density at radius 2 is 2.00 bits per heavy atom. The zero-order chi connectivity index (χ0) is 18.8. The van der Waals surface area contributed by atoms with Crippen LogP contribution in [0.3, 0.4) is 0 Å². The van der Waals surface area contributed by atoms with Crippen LogP contribution in [0.25, 0.3) is 0 Å².